The fourth-order valence-corrected chi connectivity index (χ4v) is 2.02. The van der Waals surface area contributed by atoms with Gasteiger partial charge in [-0.05, 0) is 32.2 Å². The van der Waals surface area contributed by atoms with Crippen LogP contribution in [0.15, 0.2) is 0 Å². The van der Waals surface area contributed by atoms with Crippen LogP contribution in [0.4, 0.5) is 0 Å². The molecular formula is C10H20ClN. The van der Waals surface area contributed by atoms with Gasteiger partial charge in [-0.3, -0.25) is 0 Å². The van der Waals surface area contributed by atoms with Crippen molar-refractivity contribution in [2.45, 2.75) is 51.0 Å². The van der Waals surface area contributed by atoms with Crippen LogP contribution >= 0.6 is 11.6 Å². The molecule has 1 aliphatic rings. The van der Waals surface area contributed by atoms with Gasteiger partial charge in [-0.25, -0.2) is 0 Å². The molecule has 12 heavy (non-hydrogen) atoms. The normalized spacial score (nSPS) is 24.2. The predicted molar refractivity (Wildman–Crippen MR) is 54.8 cm³/mol. The van der Waals surface area contributed by atoms with Crippen LogP contribution in [-0.4, -0.2) is 18.5 Å². The number of unbranched alkanes of at least 4 members (excludes halogenated alkanes) is 2. The largest absolute Gasteiger partial charge is 0.314 e. The topological polar surface area (TPSA) is 12.0 Å². The lowest BCUT2D eigenvalue weighted by Gasteiger charge is -2.23. The fourth-order valence-electron chi connectivity index (χ4n) is 1.83. The molecule has 0 radical (unpaired) electrons. The number of hydrogen-bond donors (Lipinski definition) is 1. The minimum absolute atomic E-state index is 0.814. The second-order valence-electron chi connectivity index (χ2n) is 3.69. The van der Waals surface area contributed by atoms with Crippen molar-refractivity contribution in [2.24, 2.45) is 0 Å². The molecule has 1 nitrogen and oxygen atoms in total. The van der Waals surface area contributed by atoms with Crippen molar-refractivity contribution in [1.82, 2.24) is 5.32 Å². The molecule has 0 amide bonds. The van der Waals surface area contributed by atoms with Crippen LogP contribution in [0.5, 0.6) is 0 Å². The molecule has 0 spiro atoms. The van der Waals surface area contributed by atoms with Crippen molar-refractivity contribution < 1.29 is 0 Å². The fraction of sp³-hybridized carbons (Fsp3) is 1.00. The van der Waals surface area contributed by atoms with Crippen molar-refractivity contribution in [3.63, 3.8) is 0 Å². The number of alkyl halides is 1. The van der Waals surface area contributed by atoms with E-state index in [4.69, 9.17) is 11.6 Å². The lowest BCUT2D eigenvalue weighted by atomic mass is 9.99. The van der Waals surface area contributed by atoms with Gasteiger partial charge in [0.15, 0.2) is 0 Å². The van der Waals surface area contributed by atoms with E-state index >= 15 is 0 Å². The maximum atomic E-state index is 5.61. The second-order valence-corrected chi connectivity index (χ2v) is 4.06. The number of piperidine rings is 1. The zero-order valence-corrected chi connectivity index (χ0v) is 8.58. The number of nitrogens with one attached hydrogen (secondary N) is 1. The van der Waals surface area contributed by atoms with Crippen LogP contribution in [0.2, 0.25) is 0 Å². The lowest BCUT2D eigenvalue weighted by molar-refractivity contribution is 0.372. The SMILES string of the molecule is ClCCCCCC1CCCCN1. The van der Waals surface area contributed by atoms with E-state index in [0.717, 1.165) is 11.9 Å². The summed E-state index contributed by atoms with van der Waals surface area (Å²) in [5, 5.41) is 3.56. The molecule has 0 saturated carbocycles. The molecule has 2 heteroatoms. The summed E-state index contributed by atoms with van der Waals surface area (Å²) in [6.07, 6.45) is 9.39. The molecule has 1 saturated heterocycles. The number of hydrogen-bond acceptors (Lipinski definition) is 1. The van der Waals surface area contributed by atoms with E-state index in [0.29, 0.717) is 0 Å². The van der Waals surface area contributed by atoms with Crippen molar-refractivity contribution >= 4 is 11.6 Å². The van der Waals surface area contributed by atoms with Gasteiger partial charge < -0.3 is 5.32 Å². The minimum atomic E-state index is 0.814. The maximum absolute atomic E-state index is 5.61. The molecule has 1 rings (SSSR count). The number of halogens is 1. The van der Waals surface area contributed by atoms with Crippen molar-refractivity contribution in [1.29, 1.82) is 0 Å². The van der Waals surface area contributed by atoms with Gasteiger partial charge in [0.25, 0.3) is 0 Å². The third kappa shape index (κ3) is 4.32. The highest BCUT2D eigenvalue weighted by molar-refractivity contribution is 6.17. The number of rotatable bonds is 5. The molecule has 0 aromatic carbocycles. The molecular weight excluding hydrogens is 170 g/mol. The molecule has 1 fully saturated rings. The van der Waals surface area contributed by atoms with Crippen LogP contribution in [0.3, 0.4) is 0 Å². The van der Waals surface area contributed by atoms with E-state index in [1.54, 1.807) is 0 Å². The van der Waals surface area contributed by atoms with E-state index in [2.05, 4.69) is 5.32 Å². The molecule has 0 aromatic rings. The lowest BCUT2D eigenvalue weighted by Crippen LogP contribution is -2.33. The van der Waals surface area contributed by atoms with Gasteiger partial charge in [0.1, 0.15) is 0 Å². The van der Waals surface area contributed by atoms with Crippen molar-refractivity contribution in [2.75, 3.05) is 12.4 Å². The Labute approximate surface area is 80.9 Å². The molecule has 72 valence electrons. The zero-order chi connectivity index (χ0) is 8.65. The summed E-state index contributed by atoms with van der Waals surface area (Å²) in [6, 6.07) is 0.814. The molecule has 1 unspecified atom stereocenters. The smallest absolute Gasteiger partial charge is 0.0223 e. The summed E-state index contributed by atoms with van der Waals surface area (Å²) in [5.74, 6) is 0.831. The molecule has 1 N–H and O–H groups in total. The Morgan fingerprint density at radius 2 is 2.08 bits per heavy atom. The van der Waals surface area contributed by atoms with E-state index < -0.39 is 0 Å². The Hall–Kier alpha value is 0.250. The van der Waals surface area contributed by atoms with Crippen molar-refractivity contribution in [3.05, 3.63) is 0 Å². The Bertz CT molecular complexity index is 100. The average molecular weight is 190 g/mol. The first-order chi connectivity index (χ1) is 5.93. The molecule has 0 aliphatic carbocycles. The first-order valence-corrected chi connectivity index (χ1v) is 5.76. The van der Waals surface area contributed by atoms with Crippen LogP contribution < -0.4 is 5.32 Å². The summed E-state index contributed by atoms with van der Waals surface area (Å²) in [4.78, 5) is 0. The predicted octanol–water partition coefficient (Wildman–Crippen LogP) is 2.93. The summed E-state index contributed by atoms with van der Waals surface area (Å²) in [5.41, 5.74) is 0. The summed E-state index contributed by atoms with van der Waals surface area (Å²) >= 11 is 5.61. The molecule has 1 atom stereocenters. The first-order valence-electron chi connectivity index (χ1n) is 5.23. The highest BCUT2D eigenvalue weighted by atomic mass is 35.5. The van der Waals surface area contributed by atoms with Gasteiger partial charge in [0.2, 0.25) is 0 Å². The Morgan fingerprint density at radius 1 is 1.17 bits per heavy atom. The Morgan fingerprint density at radius 3 is 2.75 bits per heavy atom. The van der Waals surface area contributed by atoms with Gasteiger partial charge in [-0.2, -0.15) is 0 Å². The minimum Gasteiger partial charge on any atom is -0.314 e. The molecule has 1 aliphatic heterocycles. The quantitative estimate of drug-likeness (QED) is 0.518. The van der Waals surface area contributed by atoms with Gasteiger partial charge in [-0.1, -0.05) is 19.3 Å². The van der Waals surface area contributed by atoms with Gasteiger partial charge in [0.05, 0.1) is 0 Å². The highest BCUT2D eigenvalue weighted by Gasteiger charge is 2.10. The van der Waals surface area contributed by atoms with Crippen molar-refractivity contribution in [3.8, 4) is 0 Å². The van der Waals surface area contributed by atoms with Crippen LogP contribution in [0, 0.1) is 0 Å². The van der Waals surface area contributed by atoms with E-state index in [1.807, 2.05) is 0 Å². The standard InChI is InChI=1S/C10H20ClN/c11-8-4-1-2-6-10-7-3-5-9-12-10/h10,12H,1-9H2. The third-order valence-corrected chi connectivity index (χ3v) is 2.87. The summed E-state index contributed by atoms with van der Waals surface area (Å²) < 4.78 is 0. The van der Waals surface area contributed by atoms with Crippen LogP contribution in [-0.2, 0) is 0 Å². The van der Waals surface area contributed by atoms with Crippen LogP contribution in [0.25, 0.3) is 0 Å². The molecule has 0 aromatic heterocycles. The van der Waals surface area contributed by atoms with E-state index in [1.165, 1.54) is 51.5 Å². The van der Waals surface area contributed by atoms with Gasteiger partial charge in [-0.15, -0.1) is 11.6 Å². The maximum Gasteiger partial charge on any atom is 0.0223 e. The molecule has 0 bridgehead atoms. The van der Waals surface area contributed by atoms with Gasteiger partial charge >= 0.3 is 0 Å². The monoisotopic (exact) mass is 189 g/mol. The highest BCUT2D eigenvalue weighted by Crippen LogP contribution is 2.13. The Kier molecular flexibility index (Phi) is 5.80. The second kappa shape index (κ2) is 6.73. The van der Waals surface area contributed by atoms with Gasteiger partial charge in [0, 0.05) is 11.9 Å². The molecule has 1 heterocycles. The van der Waals surface area contributed by atoms with E-state index in [-0.39, 0.29) is 0 Å². The van der Waals surface area contributed by atoms with Crippen LogP contribution in [0.1, 0.15) is 44.9 Å². The zero-order valence-electron chi connectivity index (χ0n) is 7.82. The average Bonchev–Trinajstić information content (AvgIpc) is 2.14. The first kappa shape index (κ1) is 10.3. The third-order valence-electron chi connectivity index (χ3n) is 2.60. The summed E-state index contributed by atoms with van der Waals surface area (Å²) in [7, 11) is 0. The Balaban J connectivity index is 1.91. The summed E-state index contributed by atoms with van der Waals surface area (Å²) in [6.45, 7) is 1.24. The van der Waals surface area contributed by atoms with E-state index in [9.17, 15) is 0 Å².